The quantitative estimate of drug-likeness (QED) is 0.416. The second-order valence-electron chi connectivity index (χ2n) is 3.15. The third-order valence-electron chi connectivity index (χ3n) is 1.94. The van der Waals surface area contributed by atoms with E-state index in [-0.39, 0.29) is 12.6 Å². The molecule has 14 heavy (non-hydrogen) atoms. The summed E-state index contributed by atoms with van der Waals surface area (Å²) in [6, 6.07) is 0. The molecule has 3 heteroatoms. The number of esters is 1. The molecule has 0 aliphatic carbocycles. The summed E-state index contributed by atoms with van der Waals surface area (Å²) in [5, 5.41) is 8.61. The summed E-state index contributed by atoms with van der Waals surface area (Å²) < 4.78 is 4.56. The normalized spacial score (nSPS) is 12.9. The Balaban J connectivity index is 3.93. The van der Waals surface area contributed by atoms with Crippen LogP contribution in [0.15, 0.2) is 23.3 Å². The van der Waals surface area contributed by atoms with Gasteiger partial charge in [-0.15, -0.1) is 0 Å². The van der Waals surface area contributed by atoms with E-state index in [4.69, 9.17) is 5.11 Å². The molecule has 0 saturated carbocycles. The predicted octanol–water partition coefficient (Wildman–Crippen LogP) is 1.82. The number of hydrogen-bond acceptors (Lipinski definition) is 3. The second kappa shape index (κ2) is 7.33. The lowest BCUT2D eigenvalue weighted by molar-refractivity contribution is -0.136. The molecule has 0 aromatic rings. The lowest BCUT2D eigenvalue weighted by Crippen LogP contribution is -2.01. The first-order valence-corrected chi connectivity index (χ1v) is 4.63. The first-order chi connectivity index (χ1) is 6.61. The Labute approximate surface area is 85.1 Å². The van der Waals surface area contributed by atoms with Gasteiger partial charge in [0.05, 0.1) is 13.7 Å². The lowest BCUT2D eigenvalue weighted by atomic mass is 10.1. The zero-order valence-corrected chi connectivity index (χ0v) is 9.04. The van der Waals surface area contributed by atoms with Gasteiger partial charge in [0.2, 0.25) is 0 Å². The molecule has 0 heterocycles. The van der Waals surface area contributed by atoms with Gasteiger partial charge in [-0.1, -0.05) is 17.7 Å². The number of carbonyl (C=O) groups is 1. The van der Waals surface area contributed by atoms with Gasteiger partial charge in [0, 0.05) is 5.57 Å². The van der Waals surface area contributed by atoms with Gasteiger partial charge in [0.15, 0.2) is 0 Å². The van der Waals surface area contributed by atoms with E-state index in [2.05, 4.69) is 4.74 Å². The Bertz CT molecular complexity index is 239. The minimum Gasteiger partial charge on any atom is -0.466 e. The number of aliphatic hydroxyl groups is 1. The maximum absolute atomic E-state index is 11.0. The minimum atomic E-state index is -0.284. The molecule has 0 unspecified atom stereocenters. The van der Waals surface area contributed by atoms with Crippen LogP contribution < -0.4 is 0 Å². The van der Waals surface area contributed by atoms with Crippen LogP contribution >= 0.6 is 0 Å². The highest BCUT2D eigenvalue weighted by Gasteiger charge is 2.01. The van der Waals surface area contributed by atoms with Gasteiger partial charge in [0.25, 0.3) is 0 Å². The average Bonchev–Trinajstić information content (AvgIpc) is 2.16. The van der Waals surface area contributed by atoms with Crippen LogP contribution in [0.5, 0.6) is 0 Å². The fraction of sp³-hybridized carbons (Fsp3) is 0.545. The van der Waals surface area contributed by atoms with Crippen LogP contribution in [0.25, 0.3) is 0 Å². The van der Waals surface area contributed by atoms with Gasteiger partial charge in [0.1, 0.15) is 0 Å². The molecule has 0 aliphatic rings. The number of rotatable bonds is 5. The van der Waals surface area contributed by atoms with Crippen molar-refractivity contribution in [2.75, 3.05) is 13.7 Å². The molecule has 0 fully saturated rings. The monoisotopic (exact) mass is 198 g/mol. The second-order valence-corrected chi connectivity index (χ2v) is 3.15. The zero-order chi connectivity index (χ0) is 11.0. The van der Waals surface area contributed by atoms with Gasteiger partial charge >= 0.3 is 5.97 Å². The van der Waals surface area contributed by atoms with Gasteiger partial charge in [-0.05, 0) is 26.7 Å². The molecule has 0 aliphatic heterocycles. The number of hydrogen-bond donors (Lipinski definition) is 1. The van der Waals surface area contributed by atoms with Crippen LogP contribution in [0.3, 0.4) is 0 Å². The van der Waals surface area contributed by atoms with Crippen molar-refractivity contribution in [3.63, 3.8) is 0 Å². The van der Waals surface area contributed by atoms with E-state index in [1.54, 1.807) is 13.0 Å². The number of methoxy groups -OCH3 is 1. The highest BCUT2D eigenvalue weighted by molar-refractivity contribution is 5.87. The molecule has 1 N–H and O–H groups in total. The molecular formula is C11H18O3. The molecule has 0 bridgehead atoms. The summed E-state index contributed by atoms with van der Waals surface area (Å²) >= 11 is 0. The van der Waals surface area contributed by atoms with Crippen molar-refractivity contribution in [2.24, 2.45) is 0 Å². The topological polar surface area (TPSA) is 46.5 Å². The summed E-state index contributed by atoms with van der Waals surface area (Å²) in [4.78, 5) is 11.0. The van der Waals surface area contributed by atoms with Crippen LogP contribution in [0, 0.1) is 0 Å². The Hall–Kier alpha value is -1.09. The molecule has 0 amide bonds. The van der Waals surface area contributed by atoms with Crippen LogP contribution in [-0.2, 0) is 9.53 Å². The number of ether oxygens (including phenoxy) is 1. The van der Waals surface area contributed by atoms with E-state index in [9.17, 15) is 4.79 Å². The van der Waals surface area contributed by atoms with Crippen molar-refractivity contribution in [2.45, 2.75) is 26.7 Å². The van der Waals surface area contributed by atoms with Crippen molar-refractivity contribution in [1.29, 1.82) is 0 Å². The minimum absolute atomic E-state index is 0.0749. The van der Waals surface area contributed by atoms with Crippen LogP contribution in [-0.4, -0.2) is 24.8 Å². The smallest absolute Gasteiger partial charge is 0.333 e. The summed E-state index contributed by atoms with van der Waals surface area (Å²) in [5.41, 5.74) is 1.76. The highest BCUT2D eigenvalue weighted by atomic mass is 16.5. The maximum atomic E-state index is 11.0. The molecule has 80 valence electrons. The third kappa shape index (κ3) is 5.54. The zero-order valence-electron chi connectivity index (χ0n) is 9.04. The largest absolute Gasteiger partial charge is 0.466 e. The van der Waals surface area contributed by atoms with E-state index in [0.717, 1.165) is 18.4 Å². The standard InChI is InChI=1S/C11H18O3/c1-9(7-8-12)5-4-6-10(2)11(13)14-3/h6-7,12H,4-5,8H2,1-3H3/b9-7+,10-6-. The Morgan fingerprint density at radius 3 is 2.50 bits per heavy atom. The van der Waals surface area contributed by atoms with Crippen molar-refractivity contribution >= 4 is 5.97 Å². The number of allylic oxidation sites excluding steroid dienone is 2. The molecule has 0 radical (unpaired) electrons. The molecule has 0 saturated heterocycles. The Kier molecular flexibility index (Phi) is 6.76. The first-order valence-electron chi connectivity index (χ1n) is 4.63. The SMILES string of the molecule is COC(=O)/C(C)=C\CC/C(C)=C/CO. The van der Waals surface area contributed by atoms with Gasteiger partial charge in [-0.2, -0.15) is 0 Å². The summed E-state index contributed by atoms with van der Waals surface area (Å²) in [5.74, 6) is -0.284. The van der Waals surface area contributed by atoms with E-state index < -0.39 is 0 Å². The molecule has 3 nitrogen and oxygen atoms in total. The molecule has 0 rings (SSSR count). The molecule has 0 aromatic heterocycles. The number of carbonyl (C=O) groups excluding carboxylic acids is 1. The fourth-order valence-electron chi connectivity index (χ4n) is 1.02. The molecule has 0 aromatic carbocycles. The predicted molar refractivity (Wildman–Crippen MR) is 55.8 cm³/mol. The van der Waals surface area contributed by atoms with Crippen molar-refractivity contribution in [1.82, 2.24) is 0 Å². The van der Waals surface area contributed by atoms with Crippen molar-refractivity contribution in [3.8, 4) is 0 Å². The molecular weight excluding hydrogens is 180 g/mol. The van der Waals surface area contributed by atoms with Crippen molar-refractivity contribution in [3.05, 3.63) is 23.3 Å². The lowest BCUT2D eigenvalue weighted by Gasteiger charge is -1.99. The van der Waals surface area contributed by atoms with E-state index >= 15 is 0 Å². The number of aliphatic hydroxyl groups excluding tert-OH is 1. The first kappa shape index (κ1) is 12.9. The molecule has 0 spiro atoms. The van der Waals surface area contributed by atoms with Gasteiger partial charge in [-0.3, -0.25) is 0 Å². The summed E-state index contributed by atoms with van der Waals surface area (Å²) in [7, 11) is 1.37. The van der Waals surface area contributed by atoms with E-state index in [1.807, 2.05) is 13.0 Å². The van der Waals surface area contributed by atoms with Crippen LogP contribution in [0.4, 0.5) is 0 Å². The third-order valence-corrected chi connectivity index (χ3v) is 1.94. The van der Waals surface area contributed by atoms with E-state index in [1.165, 1.54) is 7.11 Å². The van der Waals surface area contributed by atoms with Gasteiger partial charge < -0.3 is 9.84 Å². The van der Waals surface area contributed by atoms with E-state index in [0.29, 0.717) is 5.57 Å². The van der Waals surface area contributed by atoms with Crippen LogP contribution in [0.2, 0.25) is 0 Å². The highest BCUT2D eigenvalue weighted by Crippen LogP contribution is 2.06. The van der Waals surface area contributed by atoms with Crippen LogP contribution in [0.1, 0.15) is 26.7 Å². The molecule has 0 atom stereocenters. The Morgan fingerprint density at radius 2 is 2.00 bits per heavy atom. The average molecular weight is 198 g/mol. The maximum Gasteiger partial charge on any atom is 0.333 e. The summed E-state index contributed by atoms with van der Waals surface area (Å²) in [6.45, 7) is 3.76. The Morgan fingerprint density at radius 1 is 1.36 bits per heavy atom. The fourth-order valence-corrected chi connectivity index (χ4v) is 1.02. The van der Waals surface area contributed by atoms with Crippen molar-refractivity contribution < 1.29 is 14.6 Å². The summed E-state index contributed by atoms with van der Waals surface area (Å²) in [6.07, 6.45) is 5.26. The van der Waals surface area contributed by atoms with Gasteiger partial charge in [-0.25, -0.2) is 4.79 Å².